The Labute approximate surface area is 100 Å². The number of aromatic amines is 1. The van der Waals surface area contributed by atoms with Gasteiger partial charge in [-0.2, -0.15) is 0 Å². The van der Waals surface area contributed by atoms with Crippen LogP contribution in [0.3, 0.4) is 0 Å². The number of aryl methyl sites for hydroxylation is 1. The summed E-state index contributed by atoms with van der Waals surface area (Å²) in [4.78, 5) is 18.2. The summed E-state index contributed by atoms with van der Waals surface area (Å²) in [5, 5.41) is 11.2. The number of aromatic hydroxyl groups is 1. The summed E-state index contributed by atoms with van der Waals surface area (Å²) in [5.41, 5.74) is 0.477. The molecule has 0 saturated heterocycles. The summed E-state index contributed by atoms with van der Waals surface area (Å²) >= 11 is 0. The summed E-state index contributed by atoms with van der Waals surface area (Å²) in [6, 6.07) is 1.48. The number of H-pyrrole nitrogens is 1. The van der Waals surface area contributed by atoms with Crippen LogP contribution in [0.25, 0.3) is 0 Å². The molecular weight excluding hydrogens is 244 g/mol. The highest BCUT2D eigenvalue weighted by atomic mass is 19.1. The predicted octanol–water partition coefficient (Wildman–Crippen LogP) is 1.95. The molecule has 0 atom stereocenters. The van der Waals surface area contributed by atoms with Crippen LogP contribution >= 0.6 is 0 Å². The smallest absolute Gasteiger partial charge is 0.258 e. The van der Waals surface area contributed by atoms with Gasteiger partial charge in [0.15, 0.2) is 17.4 Å². The Bertz CT molecular complexity index is 587. The van der Waals surface area contributed by atoms with Gasteiger partial charge in [-0.25, -0.2) is 13.8 Å². The van der Waals surface area contributed by atoms with E-state index in [1.165, 1.54) is 6.20 Å². The fourth-order valence-corrected chi connectivity index (χ4v) is 1.35. The number of nitrogens with one attached hydrogen (secondary N) is 2. The van der Waals surface area contributed by atoms with E-state index in [1.54, 1.807) is 6.92 Å². The van der Waals surface area contributed by atoms with E-state index in [4.69, 9.17) is 5.11 Å². The molecule has 0 aliphatic carbocycles. The molecule has 0 aliphatic rings. The van der Waals surface area contributed by atoms with Crippen molar-refractivity contribution in [2.75, 3.05) is 5.32 Å². The lowest BCUT2D eigenvalue weighted by Gasteiger charge is -2.04. The van der Waals surface area contributed by atoms with Crippen LogP contribution < -0.4 is 5.32 Å². The second kappa shape index (κ2) is 4.44. The van der Waals surface area contributed by atoms with Crippen LogP contribution in [0.2, 0.25) is 0 Å². The molecule has 94 valence electrons. The number of halogens is 2. The van der Waals surface area contributed by atoms with E-state index in [9.17, 15) is 13.6 Å². The zero-order chi connectivity index (χ0) is 13.3. The van der Waals surface area contributed by atoms with Crippen LogP contribution in [-0.4, -0.2) is 21.0 Å². The summed E-state index contributed by atoms with van der Waals surface area (Å²) in [5.74, 6) is -4.07. The Hall–Kier alpha value is -2.44. The normalized spacial score (nSPS) is 10.4. The van der Waals surface area contributed by atoms with Crippen LogP contribution in [0.15, 0.2) is 18.3 Å². The third kappa shape index (κ3) is 2.29. The first kappa shape index (κ1) is 12.0. The summed E-state index contributed by atoms with van der Waals surface area (Å²) < 4.78 is 26.1. The number of rotatable bonds is 2. The van der Waals surface area contributed by atoms with Crippen LogP contribution in [0.5, 0.6) is 5.75 Å². The number of imidazole rings is 1. The van der Waals surface area contributed by atoms with Gasteiger partial charge in [0.25, 0.3) is 5.91 Å². The van der Waals surface area contributed by atoms with Gasteiger partial charge in [0.1, 0.15) is 0 Å². The van der Waals surface area contributed by atoms with Crippen molar-refractivity contribution in [3.63, 3.8) is 0 Å². The van der Waals surface area contributed by atoms with Gasteiger partial charge in [0, 0.05) is 17.5 Å². The molecule has 0 saturated carbocycles. The Morgan fingerprint density at radius 1 is 1.39 bits per heavy atom. The zero-order valence-electron chi connectivity index (χ0n) is 9.29. The van der Waals surface area contributed by atoms with Gasteiger partial charge in [-0.3, -0.25) is 10.1 Å². The maximum atomic E-state index is 13.0. The number of carbonyl (C=O) groups is 1. The molecule has 18 heavy (non-hydrogen) atoms. The summed E-state index contributed by atoms with van der Waals surface area (Å²) in [7, 11) is 0. The van der Waals surface area contributed by atoms with Gasteiger partial charge in [-0.05, 0) is 19.1 Å². The minimum Gasteiger partial charge on any atom is -0.503 e. The molecule has 1 aromatic heterocycles. The first-order valence-corrected chi connectivity index (χ1v) is 4.98. The Balaban J connectivity index is 2.24. The number of aromatic nitrogens is 2. The maximum absolute atomic E-state index is 13.0. The van der Waals surface area contributed by atoms with Crippen molar-refractivity contribution in [1.82, 2.24) is 9.97 Å². The standard InChI is InChI=1S/C11H9F2N3O2/c1-5-4-14-11(15-5)16-10(18)6-2-7(12)9(17)8(13)3-6/h2-4,17H,1H3,(H2,14,15,16,18). The third-order valence-corrected chi connectivity index (χ3v) is 2.21. The van der Waals surface area contributed by atoms with E-state index >= 15 is 0 Å². The van der Waals surface area contributed by atoms with E-state index in [1.807, 2.05) is 0 Å². The lowest BCUT2D eigenvalue weighted by Crippen LogP contribution is -2.13. The molecule has 5 nitrogen and oxygen atoms in total. The SMILES string of the molecule is Cc1cnc(NC(=O)c2cc(F)c(O)c(F)c2)[nH]1. The fraction of sp³-hybridized carbons (Fsp3) is 0.0909. The molecule has 1 aromatic carbocycles. The first-order chi connectivity index (χ1) is 8.47. The molecular formula is C11H9F2N3O2. The van der Waals surface area contributed by atoms with Crippen molar-refractivity contribution >= 4 is 11.9 Å². The highest BCUT2D eigenvalue weighted by Crippen LogP contribution is 2.21. The largest absolute Gasteiger partial charge is 0.503 e. The summed E-state index contributed by atoms with van der Waals surface area (Å²) in [6.07, 6.45) is 1.49. The molecule has 0 radical (unpaired) electrons. The van der Waals surface area contributed by atoms with Gasteiger partial charge in [-0.1, -0.05) is 0 Å². The van der Waals surface area contributed by atoms with Crippen molar-refractivity contribution < 1.29 is 18.7 Å². The molecule has 7 heteroatoms. The van der Waals surface area contributed by atoms with Crippen LogP contribution in [0, 0.1) is 18.6 Å². The lowest BCUT2D eigenvalue weighted by molar-refractivity contribution is 0.102. The molecule has 2 rings (SSSR count). The molecule has 3 N–H and O–H groups in total. The average Bonchev–Trinajstić information content (AvgIpc) is 2.71. The molecule has 0 bridgehead atoms. The van der Waals surface area contributed by atoms with E-state index < -0.39 is 23.3 Å². The van der Waals surface area contributed by atoms with E-state index in [2.05, 4.69) is 15.3 Å². The number of hydrogen-bond acceptors (Lipinski definition) is 3. The van der Waals surface area contributed by atoms with E-state index in [-0.39, 0.29) is 11.5 Å². The number of phenolic OH excluding ortho intramolecular Hbond substituents is 1. The van der Waals surface area contributed by atoms with Gasteiger partial charge in [0.05, 0.1) is 0 Å². The van der Waals surface area contributed by atoms with Crippen molar-refractivity contribution in [3.8, 4) is 5.75 Å². The van der Waals surface area contributed by atoms with Crippen molar-refractivity contribution in [1.29, 1.82) is 0 Å². The first-order valence-electron chi connectivity index (χ1n) is 4.98. The van der Waals surface area contributed by atoms with Gasteiger partial charge in [0.2, 0.25) is 5.95 Å². The second-order valence-corrected chi connectivity index (χ2v) is 3.66. The number of amides is 1. The molecule has 1 amide bonds. The van der Waals surface area contributed by atoms with Gasteiger partial charge in [-0.15, -0.1) is 0 Å². The quantitative estimate of drug-likeness (QED) is 0.765. The van der Waals surface area contributed by atoms with Crippen LogP contribution in [0.1, 0.15) is 16.1 Å². The molecule has 0 unspecified atom stereocenters. The highest BCUT2D eigenvalue weighted by Gasteiger charge is 2.15. The minimum atomic E-state index is -1.20. The van der Waals surface area contributed by atoms with E-state index in [0.29, 0.717) is 0 Å². The number of nitrogens with zero attached hydrogens (tertiary/aromatic N) is 1. The number of benzene rings is 1. The topological polar surface area (TPSA) is 78.0 Å². The second-order valence-electron chi connectivity index (χ2n) is 3.66. The van der Waals surface area contributed by atoms with Crippen molar-refractivity contribution in [3.05, 3.63) is 41.2 Å². The molecule has 0 fully saturated rings. The predicted molar refractivity (Wildman–Crippen MR) is 59.3 cm³/mol. The number of hydrogen-bond donors (Lipinski definition) is 3. The summed E-state index contributed by atoms with van der Waals surface area (Å²) in [6.45, 7) is 1.74. The average molecular weight is 253 g/mol. The third-order valence-electron chi connectivity index (χ3n) is 2.21. The monoisotopic (exact) mass is 253 g/mol. The maximum Gasteiger partial charge on any atom is 0.258 e. The zero-order valence-corrected chi connectivity index (χ0v) is 9.29. The highest BCUT2D eigenvalue weighted by molar-refractivity contribution is 6.03. The molecule has 0 aliphatic heterocycles. The van der Waals surface area contributed by atoms with Crippen LogP contribution in [0.4, 0.5) is 14.7 Å². The van der Waals surface area contributed by atoms with Crippen molar-refractivity contribution in [2.45, 2.75) is 6.92 Å². The number of phenols is 1. The molecule has 0 spiro atoms. The van der Waals surface area contributed by atoms with Crippen molar-refractivity contribution in [2.24, 2.45) is 0 Å². The van der Waals surface area contributed by atoms with Crippen LogP contribution in [-0.2, 0) is 0 Å². The fourth-order valence-electron chi connectivity index (χ4n) is 1.35. The number of anilines is 1. The van der Waals surface area contributed by atoms with Gasteiger partial charge >= 0.3 is 0 Å². The van der Waals surface area contributed by atoms with E-state index in [0.717, 1.165) is 17.8 Å². The number of carbonyl (C=O) groups excluding carboxylic acids is 1. The molecule has 2 aromatic rings. The minimum absolute atomic E-state index is 0.173. The Morgan fingerprint density at radius 3 is 2.50 bits per heavy atom. The molecule has 1 heterocycles. The van der Waals surface area contributed by atoms with Gasteiger partial charge < -0.3 is 10.1 Å². The Morgan fingerprint density at radius 2 is 2.00 bits per heavy atom. The Kier molecular flexibility index (Phi) is 2.97. The lowest BCUT2D eigenvalue weighted by atomic mass is 10.2.